The smallest absolute Gasteiger partial charge is 0.222 e. The molecule has 0 aromatic carbocycles. The van der Waals surface area contributed by atoms with Crippen molar-refractivity contribution in [3.8, 4) is 0 Å². The molecule has 0 saturated carbocycles. The maximum Gasteiger partial charge on any atom is 0.222 e. The molecule has 3 heteroatoms. The third-order valence-electron chi connectivity index (χ3n) is 3.50. The van der Waals surface area contributed by atoms with Crippen molar-refractivity contribution in [3.05, 3.63) is 0 Å². The number of nitrogens with one attached hydrogen (secondary N) is 1. The summed E-state index contributed by atoms with van der Waals surface area (Å²) < 4.78 is 0. The van der Waals surface area contributed by atoms with E-state index >= 15 is 0 Å². The van der Waals surface area contributed by atoms with Crippen LogP contribution in [0, 0.1) is 5.92 Å². The van der Waals surface area contributed by atoms with Crippen LogP contribution in [-0.4, -0.2) is 37.5 Å². The average Bonchev–Trinajstić information content (AvgIpc) is 2.34. The van der Waals surface area contributed by atoms with Crippen LogP contribution in [0.3, 0.4) is 0 Å². The topological polar surface area (TPSA) is 32.3 Å². The van der Waals surface area contributed by atoms with Gasteiger partial charge in [0.25, 0.3) is 0 Å². The zero-order chi connectivity index (χ0) is 11.8. The van der Waals surface area contributed by atoms with Crippen molar-refractivity contribution < 1.29 is 4.79 Å². The Morgan fingerprint density at radius 3 is 2.69 bits per heavy atom. The van der Waals surface area contributed by atoms with E-state index in [1.54, 1.807) is 0 Å². The minimum absolute atomic E-state index is 0.316. The van der Waals surface area contributed by atoms with Gasteiger partial charge in [-0.25, -0.2) is 0 Å². The number of rotatable bonds is 6. The summed E-state index contributed by atoms with van der Waals surface area (Å²) in [5.41, 5.74) is 0. The van der Waals surface area contributed by atoms with Gasteiger partial charge in [0.2, 0.25) is 5.91 Å². The SMILES string of the molecule is CCCCC(=O)N(C)CCC1CCNCC1. The summed E-state index contributed by atoms with van der Waals surface area (Å²) in [7, 11) is 1.94. The minimum atomic E-state index is 0.316. The van der Waals surface area contributed by atoms with Gasteiger partial charge in [-0.05, 0) is 44.7 Å². The van der Waals surface area contributed by atoms with Gasteiger partial charge in [-0.3, -0.25) is 4.79 Å². The highest BCUT2D eigenvalue weighted by Gasteiger charge is 2.15. The maximum absolute atomic E-state index is 11.7. The summed E-state index contributed by atoms with van der Waals surface area (Å²) in [6.45, 7) is 5.37. The van der Waals surface area contributed by atoms with E-state index in [1.165, 1.54) is 19.3 Å². The lowest BCUT2D eigenvalue weighted by molar-refractivity contribution is -0.130. The second-order valence-electron chi connectivity index (χ2n) is 4.90. The summed E-state index contributed by atoms with van der Waals surface area (Å²) in [5, 5.41) is 3.37. The lowest BCUT2D eigenvalue weighted by atomic mass is 9.94. The van der Waals surface area contributed by atoms with Gasteiger partial charge in [0.1, 0.15) is 0 Å². The number of carbonyl (C=O) groups is 1. The van der Waals surface area contributed by atoms with Crippen LogP contribution in [0.5, 0.6) is 0 Å². The third kappa shape index (κ3) is 4.97. The highest BCUT2D eigenvalue weighted by atomic mass is 16.2. The molecule has 16 heavy (non-hydrogen) atoms. The molecule has 0 unspecified atom stereocenters. The van der Waals surface area contributed by atoms with Gasteiger partial charge in [-0.15, -0.1) is 0 Å². The molecular weight excluding hydrogens is 200 g/mol. The zero-order valence-corrected chi connectivity index (χ0v) is 10.8. The molecule has 0 aromatic rings. The molecule has 1 rings (SSSR count). The third-order valence-corrected chi connectivity index (χ3v) is 3.50. The van der Waals surface area contributed by atoms with Crippen LogP contribution in [0.2, 0.25) is 0 Å². The van der Waals surface area contributed by atoms with Crippen LogP contribution < -0.4 is 5.32 Å². The molecule has 0 spiro atoms. The maximum atomic E-state index is 11.7. The number of unbranched alkanes of at least 4 members (excludes halogenated alkanes) is 1. The Labute approximate surface area is 99.6 Å². The standard InChI is InChI=1S/C13H26N2O/c1-3-4-5-13(16)15(2)11-8-12-6-9-14-10-7-12/h12,14H,3-11H2,1-2H3. The summed E-state index contributed by atoms with van der Waals surface area (Å²) in [6, 6.07) is 0. The summed E-state index contributed by atoms with van der Waals surface area (Å²) in [6.07, 6.45) is 6.58. The van der Waals surface area contributed by atoms with Crippen molar-refractivity contribution in [2.75, 3.05) is 26.7 Å². The summed E-state index contributed by atoms with van der Waals surface area (Å²) in [5.74, 6) is 1.14. The molecule has 1 aliphatic rings. The lowest BCUT2D eigenvalue weighted by Gasteiger charge is -2.25. The molecule has 0 bridgehead atoms. The Hall–Kier alpha value is -0.570. The number of nitrogens with zero attached hydrogens (tertiary/aromatic N) is 1. The largest absolute Gasteiger partial charge is 0.346 e. The first kappa shape index (κ1) is 13.5. The second-order valence-corrected chi connectivity index (χ2v) is 4.90. The van der Waals surface area contributed by atoms with Gasteiger partial charge in [-0.2, -0.15) is 0 Å². The van der Waals surface area contributed by atoms with E-state index in [1.807, 2.05) is 11.9 Å². The van der Waals surface area contributed by atoms with E-state index in [9.17, 15) is 4.79 Å². The Balaban J connectivity index is 2.12. The molecule has 94 valence electrons. The average molecular weight is 226 g/mol. The highest BCUT2D eigenvalue weighted by Crippen LogP contribution is 2.16. The predicted octanol–water partition coefficient (Wildman–Crippen LogP) is 2.02. The molecule has 1 amide bonds. The molecule has 0 aliphatic carbocycles. The van der Waals surface area contributed by atoms with E-state index in [-0.39, 0.29) is 0 Å². The molecule has 0 radical (unpaired) electrons. The van der Waals surface area contributed by atoms with Gasteiger partial charge in [0, 0.05) is 20.0 Å². The van der Waals surface area contributed by atoms with Crippen LogP contribution >= 0.6 is 0 Å². The van der Waals surface area contributed by atoms with Crippen molar-refractivity contribution in [2.45, 2.75) is 45.4 Å². The van der Waals surface area contributed by atoms with Crippen LogP contribution in [0.15, 0.2) is 0 Å². The van der Waals surface area contributed by atoms with Crippen LogP contribution in [0.4, 0.5) is 0 Å². The van der Waals surface area contributed by atoms with Gasteiger partial charge >= 0.3 is 0 Å². The Kier molecular flexibility index (Phi) is 6.46. The molecule has 1 saturated heterocycles. The van der Waals surface area contributed by atoms with Gasteiger partial charge in [0.05, 0.1) is 0 Å². The minimum Gasteiger partial charge on any atom is -0.346 e. The van der Waals surface area contributed by atoms with E-state index in [4.69, 9.17) is 0 Å². The fourth-order valence-corrected chi connectivity index (χ4v) is 2.19. The molecule has 0 atom stereocenters. The van der Waals surface area contributed by atoms with Crippen molar-refractivity contribution >= 4 is 5.91 Å². The molecule has 1 N–H and O–H groups in total. The number of hydrogen-bond acceptors (Lipinski definition) is 2. The van der Waals surface area contributed by atoms with E-state index in [0.717, 1.165) is 44.8 Å². The molecule has 0 aromatic heterocycles. The monoisotopic (exact) mass is 226 g/mol. The van der Waals surface area contributed by atoms with Crippen molar-refractivity contribution in [1.29, 1.82) is 0 Å². The number of piperidine rings is 1. The van der Waals surface area contributed by atoms with Crippen LogP contribution in [0.1, 0.15) is 45.4 Å². The highest BCUT2D eigenvalue weighted by molar-refractivity contribution is 5.75. The quantitative estimate of drug-likeness (QED) is 0.751. The van der Waals surface area contributed by atoms with Crippen molar-refractivity contribution in [3.63, 3.8) is 0 Å². The first-order valence-electron chi connectivity index (χ1n) is 6.68. The van der Waals surface area contributed by atoms with Crippen molar-refractivity contribution in [2.24, 2.45) is 5.92 Å². The van der Waals surface area contributed by atoms with Crippen LogP contribution in [0.25, 0.3) is 0 Å². The first-order chi connectivity index (χ1) is 7.74. The lowest BCUT2D eigenvalue weighted by Crippen LogP contribution is -2.32. The normalized spacial score (nSPS) is 17.4. The summed E-state index contributed by atoms with van der Waals surface area (Å²) in [4.78, 5) is 13.6. The molecule has 1 aliphatic heterocycles. The Morgan fingerprint density at radius 1 is 1.38 bits per heavy atom. The fourth-order valence-electron chi connectivity index (χ4n) is 2.19. The summed E-state index contributed by atoms with van der Waals surface area (Å²) >= 11 is 0. The van der Waals surface area contributed by atoms with Gasteiger partial charge in [0.15, 0.2) is 0 Å². The zero-order valence-electron chi connectivity index (χ0n) is 10.8. The van der Waals surface area contributed by atoms with Gasteiger partial charge < -0.3 is 10.2 Å². The molecular formula is C13H26N2O. The van der Waals surface area contributed by atoms with Crippen LogP contribution in [-0.2, 0) is 4.79 Å². The van der Waals surface area contributed by atoms with E-state index in [0.29, 0.717) is 5.91 Å². The predicted molar refractivity (Wildman–Crippen MR) is 67.4 cm³/mol. The first-order valence-corrected chi connectivity index (χ1v) is 6.68. The number of amides is 1. The van der Waals surface area contributed by atoms with E-state index in [2.05, 4.69) is 12.2 Å². The molecule has 1 heterocycles. The second kappa shape index (κ2) is 7.66. The fraction of sp³-hybridized carbons (Fsp3) is 0.923. The van der Waals surface area contributed by atoms with Gasteiger partial charge in [-0.1, -0.05) is 13.3 Å². The van der Waals surface area contributed by atoms with Crippen molar-refractivity contribution in [1.82, 2.24) is 10.2 Å². The molecule has 3 nitrogen and oxygen atoms in total. The number of hydrogen-bond donors (Lipinski definition) is 1. The molecule has 1 fully saturated rings. The Bertz CT molecular complexity index is 200. The van der Waals surface area contributed by atoms with E-state index < -0.39 is 0 Å². The Morgan fingerprint density at radius 2 is 2.06 bits per heavy atom. The number of carbonyl (C=O) groups excluding carboxylic acids is 1.